The first kappa shape index (κ1) is 16.7. The van der Waals surface area contributed by atoms with E-state index in [1.165, 1.54) is 12.1 Å². The first-order chi connectivity index (χ1) is 13.1. The zero-order chi connectivity index (χ0) is 18.8. The van der Waals surface area contributed by atoms with Gasteiger partial charge in [-0.15, -0.1) is 0 Å². The third-order valence-electron chi connectivity index (χ3n) is 4.50. The number of amides is 1. The molecule has 1 heterocycles. The molecule has 3 aromatic carbocycles. The van der Waals surface area contributed by atoms with Crippen LogP contribution in [-0.4, -0.2) is 22.7 Å². The number of nitrogens with one attached hydrogen (secondary N) is 1. The van der Waals surface area contributed by atoms with Gasteiger partial charge in [-0.25, -0.2) is 4.79 Å². The van der Waals surface area contributed by atoms with E-state index in [9.17, 15) is 9.59 Å². The Labute approximate surface area is 156 Å². The molecule has 27 heavy (non-hydrogen) atoms. The van der Waals surface area contributed by atoms with E-state index in [1.807, 2.05) is 54.6 Å². The summed E-state index contributed by atoms with van der Waals surface area (Å²) in [5, 5.41) is 12.0. The second-order valence-electron chi connectivity index (χ2n) is 6.22. The minimum atomic E-state index is -0.988. The van der Waals surface area contributed by atoms with Crippen LogP contribution in [0.2, 0.25) is 0 Å². The summed E-state index contributed by atoms with van der Waals surface area (Å²) in [6.07, 6.45) is 0. The maximum absolute atomic E-state index is 12.7. The molecular weight excluding hydrogens is 340 g/mol. The highest BCUT2D eigenvalue weighted by molar-refractivity contribution is 6.24. The van der Waals surface area contributed by atoms with Crippen LogP contribution in [0.15, 0.2) is 83.9 Å². The number of aliphatic imine (C=N–C) groups is 1. The van der Waals surface area contributed by atoms with E-state index in [-0.39, 0.29) is 11.5 Å². The van der Waals surface area contributed by atoms with Gasteiger partial charge in [0.2, 0.25) is 5.91 Å². The summed E-state index contributed by atoms with van der Waals surface area (Å²) in [7, 11) is 0. The smallest absolute Gasteiger partial charge is 0.335 e. The predicted molar refractivity (Wildman–Crippen MR) is 104 cm³/mol. The van der Waals surface area contributed by atoms with Crippen molar-refractivity contribution in [2.45, 2.75) is 5.92 Å². The van der Waals surface area contributed by atoms with E-state index in [2.05, 4.69) is 5.32 Å². The van der Waals surface area contributed by atoms with E-state index in [0.29, 0.717) is 11.4 Å². The van der Waals surface area contributed by atoms with Crippen molar-refractivity contribution >= 4 is 29.0 Å². The molecule has 4 rings (SSSR count). The Morgan fingerprint density at radius 2 is 1.52 bits per heavy atom. The molecule has 5 nitrogen and oxygen atoms in total. The molecule has 3 aromatic rings. The Morgan fingerprint density at radius 3 is 2.22 bits per heavy atom. The largest absolute Gasteiger partial charge is 0.478 e. The van der Waals surface area contributed by atoms with Gasteiger partial charge < -0.3 is 10.4 Å². The highest BCUT2D eigenvalue weighted by atomic mass is 16.4. The number of benzene rings is 3. The monoisotopic (exact) mass is 356 g/mol. The van der Waals surface area contributed by atoms with Gasteiger partial charge in [0.1, 0.15) is 5.92 Å². The zero-order valence-corrected chi connectivity index (χ0v) is 14.3. The van der Waals surface area contributed by atoms with Crippen LogP contribution < -0.4 is 5.32 Å². The normalized spacial score (nSPS) is 15.9. The molecule has 1 unspecified atom stereocenters. The van der Waals surface area contributed by atoms with Crippen LogP contribution in [0.25, 0.3) is 0 Å². The van der Waals surface area contributed by atoms with E-state index >= 15 is 0 Å². The summed E-state index contributed by atoms with van der Waals surface area (Å²) in [6, 6.07) is 23.4. The third kappa shape index (κ3) is 3.22. The standard InChI is InChI=1S/C22H16N2O3/c25-21-19(17-8-4-5-9-18(17)24-21)20(14-6-2-1-3-7-14)23-16-12-10-15(11-13-16)22(26)27/h1-13,19H,(H,24,25)(H,26,27). The van der Waals surface area contributed by atoms with Crippen LogP contribution in [0, 0.1) is 0 Å². The first-order valence-electron chi connectivity index (χ1n) is 8.50. The number of carboxylic acids is 1. The highest BCUT2D eigenvalue weighted by Gasteiger charge is 2.35. The van der Waals surface area contributed by atoms with Crippen LogP contribution in [0.4, 0.5) is 11.4 Å². The molecular formula is C22H16N2O3. The summed E-state index contributed by atoms with van der Waals surface area (Å²) in [5.74, 6) is -1.64. The van der Waals surface area contributed by atoms with E-state index < -0.39 is 11.9 Å². The van der Waals surface area contributed by atoms with Gasteiger partial charge in [0.15, 0.2) is 0 Å². The van der Waals surface area contributed by atoms with Crippen molar-refractivity contribution in [3.05, 3.63) is 95.6 Å². The molecule has 1 amide bonds. The topological polar surface area (TPSA) is 78.8 Å². The summed E-state index contributed by atoms with van der Waals surface area (Å²) in [5.41, 5.74) is 3.93. The Balaban J connectivity index is 1.83. The van der Waals surface area contributed by atoms with E-state index in [1.54, 1.807) is 12.1 Å². The molecule has 0 saturated carbocycles. The molecule has 0 spiro atoms. The summed E-state index contributed by atoms with van der Waals surface area (Å²) in [4.78, 5) is 28.5. The van der Waals surface area contributed by atoms with Gasteiger partial charge in [-0.2, -0.15) is 0 Å². The van der Waals surface area contributed by atoms with E-state index in [4.69, 9.17) is 10.1 Å². The fourth-order valence-corrected chi connectivity index (χ4v) is 3.20. The minimum absolute atomic E-state index is 0.124. The lowest BCUT2D eigenvalue weighted by Gasteiger charge is -2.14. The lowest BCUT2D eigenvalue weighted by atomic mass is 9.90. The maximum Gasteiger partial charge on any atom is 0.335 e. The summed E-state index contributed by atoms with van der Waals surface area (Å²) in [6.45, 7) is 0. The van der Waals surface area contributed by atoms with Gasteiger partial charge in [-0.1, -0.05) is 48.5 Å². The molecule has 0 fully saturated rings. The van der Waals surface area contributed by atoms with Crippen LogP contribution in [0.5, 0.6) is 0 Å². The molecule has 2 N–H and O–H groups in total. The summed E-state index contributed by atoms with van der Waals surface area (Å²) < 4.78 is 0. The Kier molecular flexibility index (Phi) is 4.26. The van der Waals surface area contributed by atoms with Gasteiger partial charge in [-0.05, 0) is 41.5 Å². The van der Waals surface area contributed by atoms with Crippen LogP contribution in [-0.2, 0) is 4.79 Å². The van der Waals surface area contributed by atoms with Gasteiger partial charge in [0.25, 0.3) is 0 Å². The maximum atomic E-state index is 12.7. The molecule has 1 aliphatic heterocycles. The zero-order valence-electron chi connectivity index (χ0n) is 14.3. The fourth-order valence-electron chi connectivity index (χ4n) is 3.20. The SMILES string of the molecule is O=C(O)c1ccc(N=C(c2ccccc2)C2C(=O)Nc3ccccc32)cc1. The second kappa shape index (κ2) is 6.88. The lowest BCUT2D eigenvalue weighted by Crippen LogP contribution is -2.21. The average Bonchev–Trinajstić information content (AvgIpc) is 3.03. The molecule has 132 valence electrons. The van der Waals surface area contributed by atoms with Crippen LogP contribution in [0.3, 0.4) is 0 Å². The fraction of sp³-hybridized carbons (Fsp3) is 0.0455. The van der Waals surface area contributed by atoms with Gasteiger partial charge in [-0.3, -0.25) is 9.79 Å². The van der Waals surface area contributed by atoms with Crippen LogP contribution in [0.1, 0.15) is 27.4 Å². The van der Waals surface area contributed by atoms with Crippen molar-refractivity contribution in [2.24, 2.45) is 4.99 Å². The average molecular weight is 356 g/mol. The lowest BCUT2D eigenvalue weighted by molar-refractivity contribution is -0.115. The number of fused-ring (bicyclic) bond motifs is 1. The number of aromatic carboxylic acids is 1. The number of carbonyl (C=O) groups excluding carboxylic acids is 1. The molecule has 5 heteroatoms. The third-order valence-corrected chi connectivity index (χ3v) is 4.50. The predicted octanol–water partition coefficient (Wildman–Crippen LogP) is 4.24. The van der Waals surface area contributed by atoms with Crippen molar-refractivity contribution in [3.8, 4) is 0 Å². The Morgan fingerprint density at radius 1 is 0.852 bits per heavy atom. The van der Waals surface area contributed by atoms with Crippen molar-refractivity contribution in [1.82, 2.24) is 0 Å². The van der Waals surface area contributed by atoms with Gasteiger partial charge in [0.05, 0.1) is 17.0 Å². The Hall–Kier alpha value is -3.73. The number of hydrogen-bond donors (Lipinski definition) is 2. The molecule has 0 radical (unpaired) electrons. The highest BCUT2D eigenvalue weighted by Crippen LogP contribution is 2.36. The summed E-state index contributed by atoms with van der Waals surface area (Å²) >= 11 is 0. The van der Waals surface area contributed by atoms with Gasteiger partial charge >= 0.3 is 5.97 Å². The second-order valence-corrected chi connectivity index (χ2v) is 6.22. The van der Waals surface area contributed by atoms with Crippen molar-refractivity contribution < 1.29 is 14.7 Å². The molecule has 1 aliphatic rings. The van der Waals surface area contributed by atoms with Crippen LogP contribution >= 0.6 is 0 Å². The molecule has 0 aliphatic carbocycles. The molecule has 0 saturated heterocycles. The number of nitrogens with zero attached hydrogens (tertiary/aromatic N) is 1. The number of carboxylic acid groups (broad SMARTS) is 1. The molecule has 1 atom stereocenters. The van der Waals surface area contributed by atoms with Crippen molar-refractivity contribution in [3.63, 3.8) is 0 Å². The Bertz CT molecular complexity index is 1040. The van der Waals surface area contributed by atoms with Gasteiger partial charge in [0, 0.05) is 5.69 Å². The van der Waals surface area contributed by atoms with Crippen molar-refractivity contribution in [2.75, 3.05) is 5.32 Å². The molecule has 0 bridgehead atoms. The van der Waals surface area contributed by atoms with Crippen molar-refractivity contribution in [1.29, 1.82) is 0 Å². The minimum Gasteiger partial charge on any atom is -0.478 e. The van der Waals surface area contributed by atoms with E-state index in [0.717, 1.165) is 16.8 Å². The first-order valence-corrected chi connectivity index (χ1v) is 8.50. The number of anilines is 1. The number of rotatable bonds is 4. The quantitative estimate of drug-likeness (QED) is 0.686. The molecule has 0 aromatic heterocycles. The number of para-hydroxylation sites is 1. The number of carbonyl (C=O) groups is 2. The number of hydrogen-bond acceptors (Lipinski definition) is 3.